The lowest BCUT2D eigenvalue weighted by molar-refractivity contribution is -0.142. The van der Waals surface area contributed by atoms with Crippen molar-refractivity contribution in [2.45, 2.75) is 64.2 Å². The van der Waals surface area contributed by atoms with E-state index in [1.54, 1.807) is 6.07 Å². The third-order valence-electron chi connectivity index (χ3n) is 6.31. The van der Waals surface area contributed by atoms with Crippen molar-refractivity contribution in [1.82, 2.24) is 0 Å². The second-order valence-electron chi connectivity index (χ2n) is 8.50. The molecule has 30 heavy (non-hydrogen) atoms. The van der Waals surface area contributed by atoms with Gasteiger partial charge in [0.1, 0.15) is 0 Å². The molecule has 3 N–H and O–H groups in total. The number of amides is 1. The van der Waals surface area contributed by atoms with E-state index >= 15 is 0 Å². The maximum absolute atomic E-state index is 11.9. The summed E-state index contributed by atoms with van der Waals surface area (Å²) < 4.78 is 0. The first-order valence-corrected chi connectivity index (χ1v) is 11.4. The van der Waals surface area contributed by atoms with E-state index in [1.807, 2.05) is 12.1 Å². The lowest BCUT2D eigenvalue weighted by Crippen LogP contribution is -2.26. The van der Waals surface area contributed by atoms with E-state index in [1.165, 1.54) is 0 Å². The molecule has 0 radical (unpaired) electrons. The number of anilines is 1. The summed E-state index contributed by atoms with van der Waals surface area (Å²) in [5, 5.41) is 11.3. The number of carbonyl (C=O) groups is 2. The Morgan fingerprint density at radius 3 is 2.10 bits per heavy atom. The minimum atomic E-state index is -0.625. The van der Waals surface area contributed by atoms with Crippen LogP contribution in [0.1, 0.15) is 74.6 Å². The molecule has 3 rings (SSSR count). The number of nitrogens with two attached hydrogens (primary N) is 1. The van der Waals surface area contributed by atoms with Crippen LogP contribution in [0.3, 0.4) is 0 Å². The summed E-state index contributed by atoms with van der Waals surface area (Å²) in [6, 6.07) is 12.0. The first kappa shape index (κ1) is 22.1. The standard InChI is InChI=1S/C25H34N2O3/c26-24(28)22-13-9-12-19-14-15-21(18-23(19)22)27-16-7-3-1-5-10-20(25(29)30)11-6-2-4-8-17-27/h9,12-15,18,20H,1-8,10-11,16-17H2,(H2,26,28)(H,29,30). The Morgan fingerprint density at radius 1 is 0.867 bits per heavy atom. The fraction of sp³-hybridized carbons (Fsp3) is 0.520. The Bertz CT molecular complexity index is 849. The molecule has 1 aliphatic rings. The van der Waals surface area contributed by atoms with Crippen LogP contribution in [0.2, 0.25) is 0 Å². The molecular formula is C25H34N2O3. The molecule has 2 aromatic carbocycles. The van der Waals surface area contributed by atoms with Gasteiger partial charge in [0.2, 0.25) is 5.91 Å². The second-order valence-corrected chi connectivity index (χ2v) is 8.50. The number of carboxylic acid groups (broad SMARTS) is 1. The zero-order valence-electron chi connectivity index (χ0n) is 17.8. The number of benzene rings is 2. The SMILES string of the molecule is NC(=O)c1cccc2ccc(N3CCCCCCC(C(=O)O)CCCCCC3)cc12. The van der Waals surface area contributed by atoms with Gasteiger partial charge in [-0.3, -0.25) is 9.59 Å². The lowest BCUT2D eigenvalue weighted by atomic mass is 9.94. The molecule has 1 saturated heterocycles. The molecule has 1 aliphatic heterocycles. The summed E-state index contributed by atoms with van der Waals surface area (Å²) in [4.78, 5) is 25.7. The van der Waals surface area contributed by atoms with Crippen LogP contribution in [-0.4, -0.2) is 30.1 Å². The lowest BCUT2D eigenvalue weighted by Gasteiger charge is -2.26. The largest absolute Gasteiger partial charge is 0.481 e. The van der Waals surface area contributed by atoms with Gasteiger partial charge in [-0.05, 0) is 54.7 Å². The van der Waals surface area contributed by atoms with Crippen molar-refractivity contribution >= 4 is 28.3 Å². The van der Waals surface area contributed by atoms with Gasteiger partial charge in [-0.1, -0.05) is 56.7 Å². The van der Waals surface area contributed by atoms with Crippen molar-refractivity contribution in [3.8, 4) is 0 Å². The Kier molecular flexibility index (Phi) is 8.12. The van der Waals surface area contributed by atoms with E-state index in [0.29, 0.717) is 5.56 Å². The van der Waals surface area contributed by atoms with Crippen LogP contribution in [0.4, 0.5) is 5.69 Å². The van der Waals surface area contributed by atoms with Crippen molar-refractivity contribution in [2.24, 2.45) is 11.7 Å². The fourth-order valence-electron chi connectivity index (χ4n) is 4.53. The highest BCUT2D eigenvalue weighted by atomic mass is 16.4. The van der Waals surface area contributed by atoms with Crippen LogP contribution in [0.25, 0.3) is 10.8 Å². The number of aliphatic carboxylic acids is 1. The van der Waals surface area contributed by atoms with E-state index in [4.69, 9.17) is 5.73 Å². The van der Waals surface area contributed by atoms with Crippen molar-refractivity contribution in [2.75, 3.05) is 18.0 Å². The van der Waals surface area contributed by atoms with Crippen LogP contribution in [0, 0.1) is 5.92 Å². The molecule has 5 nitrogen and oxygen atoms in total. The van der Waals surface area contributed by atoms with Crippen LogP contribution < -0.4 is 10.6 Å². The Labute approximate surface area is 179 Å². The van der Waals surface area contributed by atoms with E-state index in [-0.39, 0.29) is 5.92 Å². The first-order valence-electron chi connectivity index (χ1n) is 11.4. The predicted octanol–water partition coefficient (Wildman–Crippen LogP) is 5.36. The maximum Gasteiger partial charge on any atom is 0.306 e. The first-order chi connectivity index (χ1) is 14.6. The van der Waals surface area contributed by atoms with E-state index in [0.717, 1.165) is 93.8 Å². The number of fused-ring (bicyclic) bond motifs is 1. The topological polar surface area (TPSA) is 83.6 Å². The van der Waals surface area contributed by atoms with Gasteiger partial charge in [0, 0.05) is 24.3 Å². The van der Waals surface area contributed by atoms with Gasteiger partial charge in [-0.25, -0.2) is 0 Å². The molecule has 0 aliphatic carbocycles. The molecule has 2 aromatic rings. The van der Waals surface area contributed by atoms with Gasteiger partial charge >= 0.3 is 5.97 Å². The molecule has 1 heterocycles. The Hall–Kier alpha value is -2.56. The minimum absolute atomic E-state index is 0.165. The van der Waals surface area contributed by atoms with E-state index in [9.17, 15) is 14.7 Å². The summed E-state index contributed by atoms with van der Waals surface area (Å²) in [5.41, 5.74) is 7.31. The molecule has 0 bridgehead atoms. The zero-order chi connectivity index (χ0) is 21.3. The second kappa shape index (κ2) is 11.0. The molecule has 162 valence electrons. The zero-order valence-corrected chi connectivity index (χ0v) is 17.8. The number of carboxylic acids is 1. The normalized spacial score (nSPS) is 18.1. The average Bonchev–Trinajstić information content (AvgIpc) is 2.74. The molecule has 5 heteroatoms. The summed E-state index contributed by atoms with van der Waals surface area (Å²) in [7, 11) is 0. The highest BCUT2D eigenvalue weighted by Gasteiger charge is 2.17. The fourth-order valence-corrected chi connectivity index (χ4v) is 4.53. The molecule has 1 amide bonds. The third kappa shape index (κ3) is 5.97. The molecule has 0 atom stereocenters. The van der Waals surface area contributed by atoms with Crippen molar-refractivity contribution in [3.63, 3.8) is 0 Å². The van der Waals surface area contributed by atoms with Crippen LogP contribution in [0.5, 0.6) is 0 Å². The summed E-state index contributed by atoms with van der Waals surface area (Å²) in [5.74, 6) is -1.18. The van der Waals surface area contributed by atoms with E-state index < -0.39 is 11.9 Å². The van der Waals surface area contributed by atoms with Gasteiger partial charge in [-0.2, -0.15) is 0 Å². The van der Waals surface area contributed by atoms with Gasteiger partial charge < -0.3 is 15.7 Å². The van der Waals surface area contributed by atoms with Gasteiger partial charge in [0.25, 0.3) is 0 Å². The smallest absolute Gasteiger partial charge is 0.306 e. The summed E-state index contributed by atoms with van der Waals surface area (Å²) >= 11 is 0. The van der Waals surface area contributed by atoms with Gasteiger partial charge in [0.05, 0.1) is 5.92 Å². The molecule has 1 fully saturated rings. The number of hydrogen-bond acceptors (Lipinski definition) is 3. The maximum atomic E-state index is 11.9. The van der Waals surface area contributed by atoms with Crippen molar-refractivity contribution in [3.05, 3.63) is 42.0 Å². The van der Waals surface area contributed by atoms with Crippen molar-refractivity contribution < 1.29 is 14.7 Å². The molecular weight excluding hydrogens is 376 g/mol. The number of rotatable bonds is 3. The number of nitrogens with zero attached hydrogens (tertiary/aromatic N) is 1. The van der Waals surface area contributed by atoms with Crippen molar-refractivity contribution in [1.29, 1.82) is 0 Å². The highest BCUT2D eigenvalue weighted by Crippen LogP contribution is 2.27. The molecule has 0 aromatic heterocycles. The Morgan fingerprint density at radius 2 is 1.50 bits per heavy atom. The summed E-state index contributed by atoms with van der Waals surface area (Å²) in [6.07, 6.45) is 10.2. The summed E-state index contributed by atoms with van der Waals surface area (Å²) in [6.45, 7) is 1.96. The van der Waals surface area contributed by atoms with Crippen LogP contribution in [-0.2, 0) is 4.79 Å². The van der Waals surface area contributed by atoms with Crippen LogP contribution in [0.15, 0.2) is 36.4 Å². The number of carbonyl (C=O) groups excluding carboxylic acids is 1. The third-order valence-corrected chi connectivity index (χ3v) is 6.31. The minimum Gasteiger partial charge on any atom is -0.481 e. The molecule has 0 unspecified atom stereocenters. The predicted molar refractivity (Wildman–Crippen MR) is 122 cm³/mol. The van der Waals surface area contributed by atoms with Crippen LogP contribution >= 0.6 is 0 Å². The highest BCUT2D eigenvalue weighted by molar-refractivity contribution is 6.07. The quantitative estimate of drug-likeness (QED) is 0.713. The number of hydrogen-bond donors (Lipinski definition) is 2. The Balaban J connectivity index is 1.71. The van der Waals surface area contributed by atoms with E-state index in [2.05, 4.69) is 23.1 Å². The molecule has 0 spiro atoms. The van der Waals surface area contributed by atoms with Gasteiger partial charge in [-0.15, -0.1) is 0 Å². The average molecular weight is 411 g/mol. The monoisotopic (exact) mass is 410 g/mol. The van der Waals surface area contributed by atoms with Gasteiger partial charge in [0.15, 0.2) is 0 Å². The number of primary amides is 1. The molecule has 0 saturated carbocycles.